The molecule has 8 nitrogen and oxygen atoms in total. The minimum absolute atomic E-state index is 0. The Morgan fingerprint density at radius 2 is 2.14 bits per heavy atom. The van der Waals surface area contributed by atoms with Gasteiger partial charge in [0.05, 0.1) is 17.2 Å². The number of aryl methyl sites for hydroxylation is 1. The fraction of sp³-hybridized carbons (Fsp3) is 0.474. The van der Waals surface area contributed by atoms with Crippen LogP contribution in [-0.4, -0.2) is 39.2 Å². The fourth-order valence-electron chi connectivity index (χ4n) is 2.90. The first kappa shape index (κ1) is 23.9. The molecule has 0 saturated carbocycles. The summed E-state index contributed by atoms with van der Waals surface area (Å²) in [5.41, 5.74) is 3.13. The number of hydrogen-bond acceptors (Lipinski definition) is 4. The van der Waals surface area contributed by atoms with Crippen LogP contribution in [0.4, 0.5) is 5.69 Å². The van der Waals surface area contributed by atoms with Crippen LogP contribution in [-0.2, 0) is 20.1 Å². The summed E-state index contributed by atoms with van der Waals surface area (Å²) < 4.78 is 1.84. The standard InChI is InChI=1S/C19H28N6O2.HI/c1-6-20-19(21-11-15-8-7-9-17(10-15)25(26)27)23(4)12-16-13-24(5)22-18(16)14(2)3;/h7-10,13-14H,6,11-12H2,1-5H3,(H,20,21);1H. The van der Waals surface area contributed by atoms with E-state index in [0.29, 0.717) is 19.0 Å². The Kier molecular flexibility index (Phi) is 9.36. The van der Waals surface area contributed by atoms with E-state index in [9.17, 15) is 10.1 Å². The highest BCUT2D eigenvalue weighted by Gasteiger charge is 2.15. The smallest absolute Gasteiger partial charge is 0.269 e. The molecular formula is C19H29IN6O2. The molecule has 1 N–H and O–H groups in total. The second-order valence-corrected chi connectivity index (χ2v) is 6.82. The molecule has 0 aliphatic rings. The van der Waals surface area contributed by atoms with Crippen molar-refractivity contribution in [3.8, 4) is 0 Å². The number of nitro groups is 1. The van der Waals surface area contributed by atoms with Crippen LogP contribution in [0.2, 0.25) is 0 Å². The molecule has 0 saturated heterocycles. The van der Waals surface area contributed by atoms with E-state index in [4.69, 9.17) is 0 Å². The number of nitrogens with one attached hydrogen (secondary N) is 1. The average molecular weight is 500 g/mol. The molecule has 0 spiro atoms. The number of halogens is 1. The highest BCUT2D eigenvalue weighted by Crippen LogP contribution is 2.19. The summed E-state index contributed by atoms with van der Waals surface area (Å²) >= 11 is 0. The molecule has 0 radical (unpaired) electrons. The van der Waals surface area contributed by atoms with E-state index < -0.39 is 0 Å². The van der Waals surface area contributed by atoms with Gasteiger partial charge in [0.2, 0.25) is 0 Å². The average Bonchev–Trinajstić information content (AvgIpc) is 2.99. The van der Waals surface area contributed by atoms with Crippen molar-refractivity contribution in [3.05, 3.63) is 57.4 Å². The maximum Gasteiger partial charge on any atom is 0.269 e. The van der Waals surface area contributed by atoms with Gasteiger partial charge in [0.25, 0.3) is 5.69 Å². The van der Waals surface area contributed by atoms with Crippen LogP contribution in [0.25, 0.3) is 0 Å². The summed E-state index contributed by atoms with van der Waals surface area (Å²) in [6.07, 6.45) is 2.04. The van der Waals surface area contributed by atoms with E-state index in [1.165, 1.54) is 6.07 Å². The second kappa shape index (κ2) is 11.0. The van der Waals surface area contributed by atoms with Crippen molar-refractivity contribution in [3.63, 3.8) is 0 Å². The summed E-state index contributed by atoms with van der Waals surface area (Å²) in [6, 6.07) is 6.58. The number of aromatic nitrogens is 2. The Labute approximate surface area is 183 Å². The van der Waals surface area contributed by atoms with Crippen LogP contribution in [0.3, 0.4) is 0 Å². The molecule has 2 rings (SSSR count). The van der Waals surface area contributed by atoms with Gasteiger partial charge in [-0.15, -0.1) is 24.0 Å². The third-order valence-electron chi connectivity index (χ3n) is 4.12. The number of nitrogens with zero attached hydrogens (tertiary/aromatic N) is 5. The highest BCUT2D eigenvalue weighted by molar-refractivity contribution is 14.0. The van der Waals surface area contributed by atoms with E-state index in [1.54, 1.807) is 12.1 Å². The summed E-state index contributed by atoms with van der Waals surface area (Å²) in [5.74, 6) is 1.10. The maximum atomic E-state index is 10.9. The van der Waals surface area contributed by atoms with Gasteiger partial charge in [0.1, 0.15) is 0 Å². The number of nitro benzene ring substituents is 1. The molecule has 28 heavy (non-hydrogen) atoms. The molecule has 0 aliphatic carbocycles. The van der Waals surface area contributed by atoms with Crippen molar-refractivity contribution in [2.45, 2.75) is 39.8 Å². The molecular weight excluding hydrogens is 471 g/mol. The summed E-state index contributed by atoms with van der Waals surface area (Å²) in [4.78, 5) is 17.2. The number of non-ortho nitro benzene ring substituents is 1. The number of guanidine groups is 1. The van der Waals surface area contributed by atoms with Crippen LogP contribution in [0, 0.1) is 10.1 Å². The molecule has 1 heterocycles. The van der Waals surface area contributed by atoms with Gasteiger partial charge in [-0.05, 0) is 18.4 Å². The van der Waals surface area contributed by atoms with Crippen molar-refractivity contribution in [2.24, 2.45) is 12.0 Å². The van der Waals surface area contributed by atoms with Crippen molar-refractivity contribution >= 4 is 35.6 Å². The van der Waals surface area contributed by atoms with Crippen LogP contribution in [0.1, 0.15) is 43.5 Å². The molecule has 1 aromatic carbocycles. The lowest BCUT2D eigenvalue weighted by atomic mass is 10.1. The molecule has 1 aromatic heterocycles. The van der Waals surface area contributed by atoms with Gasteiger partial charge in [-0.2, -0.15) is 5.10 Å². The molecule has 0 bridgehead atoms. The van der Waals surface area contributed by atoms with Crippen LogP contribution in [0.5, 0.6) is 0 Å². The Morgan fingerprint density at radius 3 is 2.75 bits per heavy atom. The van der Waals surface area contributed by atoms with Crippen LogP contribution in [0.15, 0.2) is 35.5 Å². The number of aliphatic imine (C=N–C) groups is 1. The second-order valence-electron chi connectivity index (χ2n) is 6.82. The summed E-state index contributed by atoms with van der Waals surface area (Å²) in [7, 11) is 3.91. The van der Waals surface area contributed by atoms with Gasteiger partial charge >= 0.3 is 0 Å². The molecule has 9 heteroatoms. The fourth-order valence-corrected chi connectivity index (χ4v) is 2.90. The highest BCUT2D eigenvalue weighted by atomic mass is 127. The molecule has 0 unspecified atom stereocenters. The number of rotatable bonds is 7. The van der Waals surface area contributed by atoms with E-state index in [0.717, 1.165) is 29.3 Å². The van der Waals surface area contributed by atoms with Crippen molar-refractivity contribution in [1.82, 2.24) is 20.0 Å². The minimum atomic E-state index is -0.389. The quantitative estimate of drug-likeness (QED) is 0.206. The topological polar surface area (TPSA) is 88.6 Å². The van der Waals surface area contributed by atoms with Gasteiger partial charge in [0.15, 0.2) is 5.96 Å². The lowest BCUT2D eigenvalue weighted by Crippen LogP contribution is -2.38. The largest absolute Gasteiger partial charge is 0.357 e. The first-order valence-electron chi connectivity index (χ1n) is 9.07. The first-order chi connectivity index (χ1) is 12.8. The zero-order valence-corrected chi connectivity index (χ0v) is 19.4. The molecule has 0 aliphatic heterocycles. The zero-order valence-electron chi connectivity index (χ0n) is 17.0. The lowest BCUT2D eigenvalue weighted by molar-refractivity contribution is -0.384. The molecule has 0 amide bonds. The summed E-state index contributed by atoms with van der Waals surface area (Å²) in [6.45, 7) is 8.07. The lowest BCUT2D eigenvalue weighted by Gasteiger charge is -2.22. The van der Waals surface area contributed by atoms with Crippen molar-refractivity contribution in [2.75, 3.05) is 13.6 Å². The minimum Gasteiger partial charge on any atom is -0.357 e. The van der Waals surface area contributed by atoms with Gasteiger partial charge in [-0.25, -0.2) is 4.99 Å². The molecule has 2 aromatic rings. The van der Waals surface area contributed by atoms with E-state index >= 15 is 0 Å². The van der Waals surface area contributed by atoms with Crippen LogP contribution >= 0.6 is 24.0 Å². The van der Waals surface area contributed by atoms with Crippen molar-refractivity contribution < 1.29 is 4.92 Å². The molecule has 0 fully saturated rings. The number of benzene rings is 1. The molecule has 154 valence electrons. The third-order valence-corrected chi connectivity index (χ3v) is 4.12. The van der Waals surface area contributed by atoms with Gasteiger partial charge in [0, 0.05) is 51.1 Å². The van der Waals surface area contributed by atoms with Gasteiger partial charge in [-0.1, -0.05) is 26.0 Å². The predicted molar refractivity (Wildman–Crippen MR) is 122 cm³/mol. The Balaban J connectivity index is 0.00000392. The normalized spacial score (nSPS) is 11.3. The Bertz CT molecular complexity index is 819. The number of hydrogen-bond donors (Lipinski definition) is 1. The Hall–Kier alpha value is -2.17. The van der Waals surface area contributed by atoms with Crippen LogP contribution < -0.4 is 5.32 Å². The first-order valence-corrected chi connectivity index (χ1v) is 9.07. The molecule has 0 atom stereocenters. The van der Waals surface area contributed by atoms with E-state index in [-0.39, 0.29) is 34.6 Å². The van der Waals surface area contributed by atoms with Crippen molar-refractivity contribution in [1.29, 1.82) is 0 Å². The van der Waals surface area contributed by atoms with Gasteiger partial charge < -0.3 is 10.2 Å². The third kappa shape index (κ3) is 6.47. The maximum absolute atomic E-state index is 10.9. The van der Waals surface area contributed by atoms with E-state index in [2.05, 4.69) is 29.3 Å². The SMILES string of the molecule is CCNC(=NCc1cccc([N+](=O)[O-])c1)N(C)Cc1cn(C)nc1C(C)C.I. The van der Waals surface area contributed by atoms with Gasteiger partial charge in [-0.3, -0.25) is 14.8 Å². The monoisotopic (exact) mass is 500 g/mol. The van der Waals surface area contributed by atoms with E-state index in [1.807, 2.05) is 42.9 Å². The predicted octanol–water partition coefficient (Wildman–Crippen LogP) is 3.67. The summed E-state index contributed by atoms with van der Waals surface area (Å²) in [5, 5.41) is 18.8. The zero-order chi connectivity index (χ0) is 20.0. The Morgan fingerprint density at radius 1 is 1.43 bits per heavy atom.